The van der Waals surface area contributed by atoms with E-state index >= 15 is 0 Å². The van der Waals surface area contributed by atoms with E-state index in [0.717, 1.165) is 17.0 Å². The van der Waals surface area contributed by atoms with Gasteiger partial charge in [0.25, 0.3) is 0 Å². The molecule has 3 aromatic rings. The SMILES string of the molecule is COC(=O)c1ccccc1NC(=O)CSc1nc(C)cc(-c2ccccc2)n1. The van der Waals surface area contributed by atoms with Gasteiger partial charge in [-0.1, -0.05) is 54.2 Å². The zero-order valence-electron chi connectivity index (χ0n) is 15.5. The van der Waals surface area contributed by atoms with Crippen LogP contribution in [0.1, 0.15) is 16.1 Å². The molecule has 0 spiro atoms. The number of benzene rings is 2. The average Bonchev–Trinajstić information content (AvgIpc) is 2.72. The molecule has 0 atom stereocenters. The van der Waals surface area contributed by atoms with Crippen LogP contribution in [0.15, 0.2) is 65.8 Å². The van der Waals surface area contributed by atoms with Crippen molar-refractivity contribution >= 4 is 29.3 Å². The van der Waals surface area contributed by atoms with Crippen LogP contribution in [0.5, 0.6) is 0 Å². The Morgan fingerprint density at radius 1 is 1.04 bits per heavy atom. The molecule has 0 aliphatic heterocycles. The highest BCUT2D eigenvalue weighted by Gasteiger charge is 2.14. The summed E-state index contributed by atoms with van der Waals surface area (Å²) >= 11 is 1.24. The van der Waals surface area contributed by atoms with Crippen molar-refractivity contribution in [2.75, 3.05) is 18.2 Å². The minimum Gasteiger partial charge on any atom is -0.465 e. The fourth-order valence-corrected chi connectivity index (χ4v) is 3.26. The maximum atomic E-state index is 12.3. The summed E-state index contributed by atoms with van der Waals surface area (Å²) in [5.74, 6) is -0.640. The van der Waals surface area contributed by atoms with Gasteiger partial charge in [-0.3, -0.25) is 4.79 Å². The Labute approximate surface area is 167 Å². The van der Waals surface area contributed by atoms with Gasteiger partial charge in [0.2, 0.25) is 5.91 Å². The van der Waals surface area contributed by atoms with E-state index in [9.17, 15) is 9.59 Å². The molecular formula is C21H19N3O3S. The van der Waals surface area contributed by atoms with Gasteiger partial charge in [0.05, 0.1) is 29.8 Å². The van der Waals surface area contributed by atoms with Gasteiger partial charge in [-0.25, -0.2) is 14.8 Å². The first-order valence-electron chi connectivity index (χ1n) is 8.58. The number of nitrogens with one attached hydrogen (secondary N) is 1. The highest BCUT2D eigenvalue weighted by molar-refractivity contribution is 7.99. The van der Waals surface area contributed by atoms with E-state index in [4.69, 9.17) is 4.74 Å². The van der Waals surface area contributed by atoms with Crippen LogP contribution in [0.3, 0.4) is 0 Å². The van der Waals surface area contributed by atoms with Gasteiger partial charge >= 0.3 is 5.97 Å². The van der Waals surface area contributed by atoms with Crippen LogP contribution in [-0.2, 0) is 9.53 Å². The normalized spacial score (nSPS) is 10.4. The first-order valence-corrected chi connectivity index (χ1v) is 9.56. The lowest BCUT2D eigenvalue weighted by molar-refractivity contribution is -0.113. The minimum atomic E-state index is -0.502. The third-order valence-corrected chi connectivity index (χ3v) is 4.69. The van der Waals surface area contributed by atoms with E-state index in [-0.39, 0.29) is 11.7 Å². The Bertz CT molecular complexity index is 993. The number of esters is 1. The number of amides is 1. The van der Waals surface area contributed by atoms with Crippen LogP contribution >= 0.6 is 11.8 Å². The summed E-state index contributed by atoms with van der Waals surface area (Å²) in [7, 11) is 1.30. The quantitative estimate of drug-likeness (QED) is 0.388. The fraction of sp³-hybridized carbons (Fsp3) is 0.143. The predicted octanol–water partition coefficient (Wildman–Crippen LogP) is 3.97. The molecule has 1 N–H and O–H groups in total. The van der Waals surface area contributed by atoms with Crippen LogP contribution in [0.2, 0.25) is 0 Å². The molecule has 0 aliphatic rings. The number of nitrogens with zero attached hydrogens (tertiary/aromatic N) is 2. The molecule has 0 radical (unpaired) electrons. The summed E-state index contributed by atoms with van der Waals surface area (Å²) in [6.07, 6.45) is 0. The lowest BCUT2D eigenvalue weighted by atomic mass is 10.1. The summed E-state index contributed by atoms with van der Waals surface area (Å²) in [6.45, 7) is 1.89. The molecule has 7 heteroatoms. The van der Waals surface area contributed by atoms with Gasteiger partial charge in [-0.15, -0.1) is 0 Å². The minimum absolute atomic E-state index is 0.118. The number of ether oxygens (including phenoxy) is 1. The van der Waals surface area contributed by atoms with Crippen molar-refractivity contribution in [2.45, 2.75) is 12.1 Å². The summed E-state index contributed by atoms with van der Waals surface area (Å²) in [5.41, 5.74) is 3.35. The van der Waals surface area contributed by atoms with Crippen molar-refractivity contribution in [3.05, 3.63) is 71.9 Å². The molecular weight excluding hydrogens is 374 g/mol. The molecule has 1 heterocycles. The van der Waals surface area contributed by atoms with E-state index in [1.54, 1.807) is 24.3 Å². The largest absolute Gasteiger partial charge is 0.465 e. The average molecular weight is 393 g/mol. The van der Waals surface area contributed by atoms with E-state index < -0.39 is 5.97 Å². The number of para-hydroxylation sites is 1. The first-order chi connectivity index (χ1) is 13.6. The number of hydrogen-bond donors (Lipinski definition) is 1. The van der Waals surface area contributed by atoms with Crippen molar-refractivity contribution in [3.63, 3.8) is 0 Å². The number of carbonyl (C=O) groups is 2. The maximum Gasteiger partial charge on any atom is 0.339 e. The highest BCUT2D eigenvalue weighted by atomic mass is 32.2. The first kappa shape index (κ1) is 19.6. The molecule has 6 nitrogen and oxygen atoms in total. The number of aryl methyl sites for hydroxylation is 1. The second kappa shape index (κ2) is 9.14. The number of hydrogen-bond acceptors (Lipinski definition) is 6. The van der Waals surface area contributed by atoms with Crippen molar-refractivity contribution in [2.24, 2.45) is 0 Å². The molecule has 0 fully saturated rings. The van der Waals surface area contributed by atoms with Crippen molar-refractivity contribution in [1.82, 2.24) is 9.97 Å². The number of thioether (sulfide) groups is 1. The standard InChI is InChI=1S/C21H19N3O3S/c1-14-12-18(15-8-4-3-5-9-15)24-21(22-14)28-13-19(25)23-17-11-7-6-10-16(17)20(26)27-2/h3-12H,13H2,1-2H3,(H,23,25). The Hall–Kier alpha value is -3.19. The van der Waals surface area contributed by atoms with E-state index in [0.29, 0.717) is 16.4 Å². The topological polar surface area (TPSA) is 81.2 Å². The maximum absolute atomic E-state index is 12.3. The zero-order chi connectivity index (χ0) is 19.9. The van der Waals surface area contributed by atoms with E-state index in [2.05, 4.69) is 15.3 Å². The molecule has 28 heavy (non-hydrogen) atoms. The Kier molecular flexibility index (Phi) is 6.39. The monoisotopic (exact) mass is 393 g/mol. The van der Waals surface area contributed by atoms with E-state index in [1.165, 1.54) is 18.9 Å². The predicted molar refractivity (Wildman–Crippen MR) is 109 cm³/mol. The second-order valence-corrected chi connectivity index (χ2v) is 6.86. The molecule has 1 aromatic heterocycles. The zero-order valence-corrected chi connectivity index (χ0v) is 16.3. The Balaban J connectivity index is 1.69. The molecule has 0 unspecified atom stereocenters. The Morgan fingerprint density at radius 3 is 2.50 bits per heavy atom. The van der Waals surface area contributed by atoms with E-state index in [1.807, 2.05) is 43.3 Å². The number of carbonyl (C=O) groups excluding carboxylic acids is 2. The number of anilines is 1. The fourth-order valence-electron chi connectivity index (χ4n) is 2.56. The van der Waals surface area contributed by atoms with Gasteiger partial charge < -0.3 is 10.1 Å². The number of rotatable bonds is 6. The molecule has 1 amide bonds. The van der Waals surface area contributed by atoms with Crippen LogP contribution in [-0.4, -0.2) is 34.7 Å². The summed E-state index contributed by atoms with van der Waals surface area (Å²) in [5, 5.41) is 3.26. The molecule has 0 bridgehead atoms. The molecule has 0 aliphatic carbocycles. The van der Waals surface area contributed by atoms with Crippen LogP contribution in [0.25, 0.3) is 11.3 Å². The smallest absolute Gasteiger partial charge is 0.339 e. The Morgan fingerprint density at radius 2 is 1.75 bits per heavy atom. The molecule has 0 saturated heterocycles. The van der Waals surface area contributed by atoms with Gasteiger partial charge in [0.15, 0.2) is 5.16 Å². The van der Waals surface area contributed by atoms with Crippen LogP contribution < -0.4 is 5.32 Å². The number of methoxy groups -OCH3 is 1. The lowest BCUT2D eigenvalue weighted by Crippen LogP contribution is -2.17. The third kappa shape index (κ3) is 4.95. The molecule has 142 valence electrons. The van der Waals surface area contributed by atoms with Gasteiger partial charge in [0, 0.05) is 11.3 Å². The van der Waals surface area contributed by atoms with Gasteiger partial charge in [-0.05, 0) is 25.1 Å². The molecule has 2 aromatic carbocycles. The summed E-state index contributed by atoms with van der Waals surface area (Å²) < 4.78 is 4.74. The second-order valence-electron chi connectivity index (χ2n) is 5.92. The van der Waals surface area contributed by atoms with Crippen molar-refractivity contribution < 1.29 is 14.3 Å². The highest BCUT2D eigenvalue weighted by Crippen LogP contribution is 2.22. The summed E-state index contributed by atoms with van der Waals surface area (Å²) in [6, 6.07) is 18.4. The van der Waals surface area contributed by atoms with Gasteiger partial charge in [0.1, 0.15) is 0 Å². The van der Waals surface area contributed by atoms with Gasteiger partial charge in [-0.2, -0.15) is 0 Å². The third-order valence-electron chi connectivity index (χ3n) is 3.84. The molecule has 3 rings (SSSR count). The van der Waals surface area contributed by atoms with Crippen molar-refractivity contribution in [1.29, 1.82) is 0 Å². The number of aromatic nitrogens is 2. The lowest BCUT2D eigenvalue weighted by Gasteiger charge is -2.09. The summed E-state index contributed by atoms with van der Waals surface area (Å²) in [4.78, 5) is 33.1. The molecule has 0 saturated carbocycles. The van der Waals surface area contributed by atoms with Crippen LogP contribution in [0, 0.1) is 6.92 Å². The van der Waals surface area contributed by atoms with Crippen LogP contribution in [0.4, 0.5) is 5.69 Å². The van der Waals surface area contributed by atoms with Crippen molar-refractivity contribution in [3.8, 4) is 11.3 Å².